The minimum absolute atomic E-state index is 0.207. The maximum absolute atomic E-state index is 12.2. The molecule has 6 nitrogen and oxygen atoms in total. The first-order valence-corrected chi connectivity index (χ1v) is 7.93. The number of piperidine rings is 1. The van der Waals surface area contributed by atoms with Gasteiger partial charge in [-0.05, 0) is 17.9 Å². The Bertz CT molecular complexity index is 656. The highest BCUT2D eigenvalue weighted by Gasteiger charge is 2.27. The lowest BCUT2D eigenvalue weighted by Gasteiger charge is -2.33. The molecule has 1 aliphatic heterocycles. The summed E-state index contributed by atoms with van der Waals surface area (Å²) in [5.74, 6) is 0.767. The number of amides is 2. The van der Waals surface area contributed by atoms with E-state index in [0.717, 1.165) is 12.0 Å². The summed E-state index contributed by atoms with van der Waals surface area (Å²) in [6.07, 6.45) is 2.21. The first-order valence-electron chi connectivity index (χ1n) is 7.93. The van der Waals surface area contributed by atoms with Gasteiger partial charge in [-0.1, -0.05) is 37.3 Å². The first-order chi connectivity index (χ1) is 11.1. The number of β-amino-alcohol motifs (C(OH)–C–C–N with tert-alkyl or cyclic N) is 1. The van der Waals surface area contributed by atoms with Gasteiger partial charge >= 0.3 is 6.03 Å². The van der Waals surface area contributed by atoms with Crippen molar-refractivity contribution in [1.82, 2.24) is 14.7 Å². The van der Waals surface area contributed by atoms with Crippen LogP contribution >= 0.6 is 0 Å². The molecule has 0 saturated carbocycles. The molecular weight excluding hydrogens is 292 g/mol. The first kappa shape index (κ1) is 15.6. The molecule has 1 fully saturated rings. The van der Waals surface area contributed by atoms with Crippen molar-refractivity contribution in [2.24, 2.45) is 5.92 Å². The van der Waals surface area contributed by atoms with Gasteiger partial charge in [-0.15, -0.1) is 0 Å². The molecule has 0 bridgehead atoms. The zero-order chi connectivity index (χ0) is 16.2. The van der Waals surface area contributed by atoms with Gasteiger partial charge in [0, 0.05) is 25.4 Å². The lowest BCUT2D eigenvalue weighted by Crippen LogP contribution is -2.47. The van der Waals surface area contributed by atoms with Gasteiger partial charge in [-0.3, -0.25) is 10.00 Å². The van der Waals surface area contributed by atoms with E-state index in [4.69, 9.17) is 0 Å². The predicted molar refractivity (Wildman–Crippen MR) is 88.2 cm³/mol. The van der Waals surface area contributed by atoms with Crippen LogP contribution in [0, 0.1) is 5.92 Å². The lowest BCUT2D eigenvalue weighted by atomic mass is 9.96. The molecular formula is C17H22N4O2. The molecule has 2 atom stereocenters. The average molecular weight is 314 g/mol. The van der Waals surface area contributed by atoms with Crippen molar-refractivity contribution in [2.75, 3.05) is 18.4 Å². The topological polar surface area (TPSA) is 70.4 Å². The second kappa shape index (κ2) is 6.83. The molecule has 2 aromatic rings. The standard InChI is InChI=1S/C17H22N4O2/c1-13-7-9-20(12-15(13)22)17(23)18-16-8-10-21(19-16)11-14-5-3-2-4-6-14/h2-6,8,10,13,15,22H,7,9,11-12H2,1H3,(H,18,19,23). The molecule has 2 heterocycles. The van der Waals surface area contributed by atoms with E-state index in [-0.39, 0.29) is 11.9 Å². The molecule has 0 spiro atoms. The van der Waals surface area contributed by atoms with Crippen molar-refractivity contribution in [3.63, 3.8) is 0 Å². The van der Waals surface area contributed by atoms with Crippen molar-refractivity contribution >= 4 is 11.8 Å². The fourth-order valence-corrected chi connectivity index (χ4v) is 2.71. The number of rotatable bonds is 3. The number of carbonyl (C=O) groups is 1. The van der Waals surface area contributed by atoms with Gasteiger partial charge < -0.3 is 10.0 Å². The number of nitrogens with one attached hydrogen (secondary N) is 1. The molecule has 2 unspecified atom stereocenters. The van der Waals surface area contributed by atoms with Crippen molar-refractivity contribution in [1.29, 1.82) is 0 Å². The van der Waals surface area contributed by atoms with E-state index in [1.165, 1.54) is 0 Å². The minimum Gasteiger partial charge on any atom is -0.391 e. The van der Waals surface area contributed by atoms with Crippen LogP contribution in [0.3, 0.4) is 0 Å². The molecule has 1 aromatic heterocycles. The molecule has 1 aromatic carbocycles. The monoisotopic (exact) mass is 314 g/mol. The van der Waals surface area contributed by atoms with Gasteiger partial charge in [0.1, 0.15) is 0 Å². The van der Waals surface area contributed by atoms with Crippen LogP contribution in [0.5, 0.6) is 0 Å². The third-order valence-electron chi connectivity index (χ3n) is 4.27. The van der Waals surface area contributed by atoms with Crippen molar-refractivity contribution < 1.29 is 9.90 Å². The van der Waals surface area contributed by atoms with E-state index in [9.17, 15) is 9.90 Å². The van der Waals surface area contributed by atoms with Crippen molar-refractivity contribution in [3.8, 4) is 0 Å². The molecule has 0 radical (unpaired) electrons. The highest BCUT2D eigenvalue weighted by atomic mass is 16.3. The number of urea groups is 1. The zero-order valence-electron chi connectivity index (χ0n) is 13.2. The molecule has 6 heteroatoms. The summed E-state index contributed by atoms with van der Waals surface area (Å²) in [5.41, 5.74) is 1.15. The Hall–Kier alpha value is -2.34. The lowest BCUT2D eigenvalue weighted by molar-refractivity contribution is 0.0463. The summed E-state index contributed by atoms with van der Waals surface area (Å²) in [7, 11) is 0. The zero-order valence-corrected chi connectivity index (χ0v) is 13.2. The number of hydrogen-bond acceptors (Lipinski definition) is 3. The molecule has 3 rings (SSSR count). The van der Waals surface area contributed by atoms with E-state index < -0.39 is 6.10 Å². The Labute approximate surface area is 135 Å². The maximum atomic E-state index is 12.2. The Morgan fingerprint density at radius 2 is 2.13 bits per heavy atom. The van der Waals surface area contributed by atoms with E-state index in [1.807, 2.05) is 43.5 Å². The Morgan fingerprint density at radius 3 is 2.87 bits per heavy atom. The highest BCUT2D eigenvalue weighted by Crippen LogP contribution is 2.17. The average Bonchev–Trinajstić information content (AvgIpc) is 2.98. The van der Waals surface area contributed by atoms with Crippen molar-refractivity contribution in [3.05, 3.63) is 48.2 Å². The largest absolute Gasteiger partial charge is 0.391 e. The summed E-state index contributed by atoms with van der Waals surface area (Å²) in [5, 5.41) is 17.1. The summed E-state index contributed by atoms with van der Waals surface area (Å²) in [6.45, 7) is 3.70. The summed E-state index contributed by atoms with van der Waals surface area (Å²) >= 11 is 0. The van der Waals surface area contributed by atoms with Gasteiger partial charge in [-0.25, -0.2) is 4.79 Å². The smallest absolute Gasteiger partial charge is 0.323 e. The number of likely N-dealkylation sites (tertiary alicyclic amines) is 1. The number of aliphatic hydroxyl groups excluding tert-OH is 1. The Morgan fingerprint density at radius 1 is 1.35 bits per heavy atom. The number of anilines is 1. The maximum Gasteiger partial charge on any atom is 0.323 e. The van der Waals surface area contributed by atoms with Gasteiger partial charge in [0.25, 0.3) is 0 Å². The second-order valence-corrected chi connectivity index (χ2v) is 6.09. The van der Waals surface area contributed by atoms with Crippen molar-refractivity contribution in [2.45, 2.75) is 26.0 Å². The third kappa shape index (κ3) is 3.90. The van der Waals surface area contributed by atoms with E-state index >= 15 is 0 Å². The Balaban J connectivity index is 1.57. The number of benzene rings is 1. The quantitative estimate of drug-likeness (QED) is 0.912. The van der Waals surface area contributed by atoms with Crippen LogP contribution in [-0.4, -0.2) is 45.0 Å². The molecule has 122 valence electrons. The number of aromatic nitrogens is 2. The van der Waals surface area contributed by atoms with Gasteiger partial charge in [0.05, 0.1) is 12.6 Å². The molecule has 1 aliphatic rings. The van der Waals surface area contributed by atoms with Gasteiger partial charge in [0.2, 0.25) is 0 Å². The number of hydrogen-bond donors (Lipinski definition) is 2. The van der Waals surface area contributed by atoms with E-state index in [2.05, 4.69) is 10.4 Å². The molecule has 0 aliphatic carbocycles. The van der Waals surface area contributed by atoms with Crippen LogP contribution in [0.2, 0.25) is 0 Å². The van der Waals surface area contributed by atoms with Crippen LogP contribution in [0.1, 0.15) is 18.9 Å². The SMILES string of the molecule is CC1CCN(C(=O)Nc2ccn(Cc3ccccc3)n2)CC1O. The Kier molecular flexibility index (Phi) is 4.62. The predicted octanol–water partition coefficient (Wildman–Crippen LogP) is 2.17. The third-order valence-corrected chi connectivity index (χ3v) is 4.27. The fourth-order valence-electron chi connectivity index (χ4n) is 2.71. The van der Waals surface area contributed by atoms with Crippen LogP contribution in [0.15, 0.2) is 42.6 Å². The van der Waals surface area contributed by atoms with E-state index in [0.29, 0.717) is 25.5 Å². The van der Waals surface area contributed by atoms with Crippen LogP contribution in [0.25, 0.3) is 0 Å². The number of nitrogens with zero attached hydrogens (tertiary/aromatic N) is 3. The highest BCUT2D eigenvalue weighted by molar-refractivity contribution is 5.88. The van der Waals surface area contributed by atoms with Crippen LogP contribution in [-0.2, 0) is 6.54 Å². The number of carbonyl (C=O) groups excluding carboxylic acids is 1. The molecule has 2 amide bonds. The second-order valence-electron chi connectivity index (χ2n) is 6.09. The molecule has 1 saturated heterocycles. The number of aliphatic hydroxyl groups is 1. The minimum atomic E-state index is -0.454. The van der Waals surface area contributed by atoms with Crippen LogP contribution < -0.4 is 5.32 Å². The molecule has 2 N–H and O–H groups in total. The van der Waals surface area contributed by atoms with E-state index in [1.54, 1.807) is 15.6 Å². The molecule has 23 heavy (non-hydrogen) atoms. The normalized spacial score (nSPS) is 21.2. The van der Waals surface area contributed by atoms with Crippen LogP contribution in [0.4, 0.5) is 10.6 Å². The fraction of sp³-hybridized carbons (Fsp3) is 0.412. The summed E-state index contributed by atoms with van der Waals surface area (Å²) < 4.78 is 1.79. The summed E-state index contributed by atoms with van der Waals surface area (Å²) in [6, 6.07) is 11.6. The van der Waals surface area contributed by atoms with Gasteiger partial charge in [0.15, 0.2) is 5.82 Å². The summed E-state index contributed by atoms with van der Waals surface area (Å²) in [4.78, 5) is 13.9. The van der Waals surface area contributed by atoms with Gasteiger partial charge in [-0.2, -0.15) is 5.10 Å².